The number of amides is 5. The second-order valence-corrected chi connectivity index (χ2v) is 10.5. The highest BCUT2D eigenvalue weighted by molar-refractivity contribution is 6.10. The highest BCUT2D eigenvalue weighted by Gasteiger charge is 2.34. The van der Waals surface area contributed by atoms with Gasteiger partial charge in [-0.05, 0) is 60.9 Å². The molecule has 4 N–H and O–H groups in total. The standard InChI is InChI=1S/C32H35N5O6.C2H6/c1-4-7-24(18-30(40)41)37-19-29(39)36(3)27-15-14-23(17-25(27)31(37)42)33-28(38)16-21-10-12-22(13-11-21)34-32(43)35-26-9-6-5-8-20(26)2;1-2/h5-6,8-15,17,24H,4,7,16,18-19H2,1-3H3,(H,33,38)(H,40,41)(H2,34,35,43);1-2H3. The second kappa shape index (κ2) is 16.0. The van der Waals surface area contributed by atoms with Gasteiger partial charge in [-0.25, -0.2) is 4.79 Å². The Morgan fingerprint density at radius 1 is 0.911 bits per heavy atom. The van der Waals surface area contributed by atoms with Gasteiger partial charge in [0.15, 0.2) is 0 Å². The highest BCUT2D eigenvalue weighted by atomic mass is 16.4. The van der Waals surface area contributed by atoms with Gasteiger partial charge in [0, 0.05) is 30.2 Å². The smallest absolute Gasteiger partial charge is 0.323 e. The molecule has 1 aliphatic heterocycles. The molecule has 238 valence electrons. The quantitative estimate of drug-likeness (QED) is 0.223. The van der Waals surface area contributed by atoms with Gasteiger partial charge < -0.3 is 30.9 Å². The molecule has 11 heteroatoms. The third-order valence-corrected chi connectivity index (χ3v) is 7.26. The van der Waals surface area contributed by atoms with Crippen LogP contribution in [-0.4, -0.2) is 59.4 Å². The maximum atomic E-state index is 13.6. The van der Waals surface area contributed by atoms with Crippen LogP contribution in [0, 0.1) is 6.92 Å². The number of nitrogens with one attached hydrogen (secondary N) is 3. The molecule has 0 radical (unpaired) electrons. The molecule has 45 heavy (non-hydrogen) atoms. The summed E-state index contributed by atoms with van der Waals surface area (Å²) in [4.78, 5) is 65.9. The molecule has 0 saturated heterocycles. The molecular formula is C34H41N5O6. The molecule has 3 aromatic carbocycles. The molecular weight excluding hydrogens is 574 g/mol. The van der Waals surface area contributed by atoms with Crippen LogP contribution in [0.25, 0.3) is 0 Å². The number of carboxylic acids is 1. The number of nitrogens with zero attached hydrogens (tertiary/aromatic N) is 2. The van der Waals surface area contributed by atoms with Crippen LogP contribution in [0.4, 0.5) is 27.5 Å². The Balaban J connectivity index is 0.00000271. The number of aryl methyl sites for hydroxylation is 1. The normalized spacial score (nSPS) is 13.1. The van der Waals surface area contributed by atoms with Gasteiger partial charge in [0.1, 0.15) is 6.54 Å². The van der Waals surface area contributed by atoms with Gasteiger partial charge in [0.2, 0.25) is 11.8 Å². The van der Waals surface area contributed by atoms with Crippen molar-refractivity contribution < 1.29 is 29.1 Å². The van der Waals surface area contributed by atoms with Crippen molar-refractivity contribution in [3.63, 3.8) is 0 Å². The number of urea groups is 1. The van der Waals surface area contributed by atoms with Crippen molar-refractivity contribution in [1.29, 1.82) is 0 Å². The number of para-hydroxylation sites is 1. The van der Waals surface area contributed by atoms with Crippen LogP contribution in [0.3, 0.4) is 0 Å². The number of fused-ring (bicyclic) bond motifs is 1. The molecule has 3 aromatic rings. The predicted molar refractivity (Wildman–Crippen MR) is 176 cm³/mol. The summed E-state index contributed by atoms with van der Waals surface area (Å²) < 4.78 is 0. The zero-order chi connectivity index (χ0) is 33.1. The van der Waals surface area contributed by atoms with Crippen LogP contribution < -0.4 is 20.9 Å². The molecule has 5 amide bonds. The van der Waals surface area contributed by atoms with Crippen LogP contribution in [0.15, 0.2) is 66.7 Å². The van der Waals surface area contributed by atoms with E-state index in [4.69, 9.17) is 0 Å². The number of likely N-dealkylation sites (N-methyl/N-ethyl adjacent to an activating group) is 1. The van der Waals surface area contributed by atoms with E-state index in [0.29, 0.717) is 41.2 Å². The molecule has 0 spiro atoms. The number of carbonyl (C=O) groups excluding carboxylic acids is 4. The fourth-order valence-electron chi connectivity index (χ4n) is 4.98. The summed E-state index contributed by atoms with van der Waals surface area (Å²) >= 11 is 0. The lowest BCUT2D eigenvalue weighted by molar-refractivity contribution is -0.138. The van der Waals surface area contributed by atoms with E-state index >= 15 is 0 Å². The predicted octanol–water partition coefficient (Wildman–Crippen LogP) is 5.91. The second-order valence-electron chi connectivity index (χ2n) is 10.5. The Bertz CT molecular complexity index is 1540. The lowest BCUT2D eigenvalue weighted by Crippen LogP contribution is -2.45. The largest absolute Gasteiger partial charge is 0.481 e. The van der Waals surface area contributed by atoms with E-state index in [-0.39, 0.29) is 42.8 Å². The van der Waals surface area contributed by atoms with Gasteiger partial charge >= 0.3 is 12.0 Å². The Morgan fingerprint density at radius 3 is 2.22 bits per heavy atom. The van der Waals surface area contributed by atoms with Gasteiger partial charge in [-0.3, -0.25) is 19.2 Å². The number of carboxylic acid groups (broad SMARTS) is 1. The van der Waals surface area contributed by atoms with Crippen molar-refractivity contribution >= 4 is 52.5 Å². The molecule has 4 rings (SSSR count). The number of hydrogen-bond donors (Lipinski definition) is 4. The maximum Gasteiger partial charge on any atom is 0.323 e. The number of carbonyl (C=O) groups is 5. The Labute approximate surface area is 263 Å². The zero-order valence-corrected chi connectivity index (χ0v) is 26.3. The average molecular weight is 616 g/mol. The molecule has 0 fully saturated rings. The maximum absolute atomic E-state index is 13.6. The van der Waals surface area contributed by atoms with E-state index in [1.807, 2.05) is 52.0 Å². The van der Waals surface area contributed by atoms with Crippen LogP contribution in [-0.2, 0) is 20.8 Å². The van der Waals surface area contributed by atoms with Gasteiger partial charge in [-0.1, -0.05) is 57.5 Å². The van der Waals surface area contributed by atoms with Crippen LogP contribution in [0.5, 0.6) is 0 Å². The lowest BCUT2D eigenvalue weighted by Gasteiger charge is -2.29. The summed E-state index contributed by atoms with van der Waals surface area (Å²) in [5, 5.41) is 17.8. The molecule has 1 atom stereocenters. The fraction of sp³-hybridized carbons (Fsp3) is 0.324. The first-order chi connectivity index (χ1) is 21.5. The number of benzene rings is 3. The number of aliphatic carboxylic acids is 1. The van der Waals surface area contributed by atoms with E-state index in [1.54, 1.807) is 43.4 Å². The van der Waals surface area contributed by atoms with Crippen molar-refractivity contribution in [3.05, 3.63) is 83.4 Å². The Hall–Kier alpha value is -5.19. The summed E-state index contributed by atoms with van der Waals surface area (Å²) in [6.45, 7) is 7.56. The van der Waals surface area contributed by atoms with E-state index in [9.17, 15) is 29.1 Å². The van der Waals surface area contributed by atoms with Crippen molar-refractivity contribution in [2.75, 3.05) is 34.4 Å². The van der Waals surface area contributed by atoms with Crippen LogP contribution in [0.2, 0.25) is 0 Å². The van der Waals surface area contributed by atoms with Gasteiger partial charge in [0.05, 0.1) is 24.1 Å². The van der Waals surface area contributed by atoms with Crippen LogP contribution in [0.1, 0.15) is 61.5 Å². The Morgan fingerprint density at radius 2 is 1.58 bits per heavy atom. The fourth-order valence-corrected chi connectivity index (χ4v) is 4.98. The minimum atomic E-state index is -1.05. The first-order valence-corrected chi connectivity index (χ1v) is 15.0. The summed E-state index contributed by atoms with van der Waals surface area (Å²) in [5.74, 6) is -2.17. The van der Waals surface area contributed by atoms with Crippen molar-refractivity contribution in [2.45, 2.75) is 59.4 Å². The Kier molecular flexibility index (Phi) is 12.2. The summed E-state index contributed by atoms with van der Waals surface area (Å²) in [6, 6.07) is 18.0. The molecule has 1 unspecified atom stereocenters. The number of rotatable bonds is 10. The summed E-state index contributed by atoms with van der Waals surface area (Å²) in [5.41, 5.74) is 3.88. The average Bonchev–Trinajstić information content (AvgIpc) is 3.10. The molecule has 0 aromatic heterocycles. The van der Waals surface area contributed by atoms with Crippen molar-refractivity contribution in [2.24, 2.45) is 0 Å². The zero-order valence-electron chi connectivity index (χ0n) is 26.3. The minimum absolute atomic E-state index is 0.0441. The van der Waals surface area contributed by atoms with E-state index in [0.717, 1.165) is 5.56 Å². The van der Waals surface area contributed by atoms with E-state index in [2.05, 4.69) is 16.0 Å². The van der Waals surface area contributed by atoms with Gasteiger partial charge in [-0.2, -0.15) is 0 Å². The van der Waals surface area contributed by atoms with Crippen molar-refractivity contribution in [1.82, 2.24) is 4.90 Å². The molecule has 0 saturated carbocycles. The summed E-state index contributed by atoms with van der Waals surface area (Å²) in [6.07, 6.45) is 0.856. The molecule has 0 bridgehead atoms. The monoisotopic (exact) mass is 615 g/mol. The number of hydrogen-bond acceptors (Lipinski definition) is 5. The van der Waals surface area contributed by atoms with Crippen molar-refractivity contribution in [3.8, 4) is 0 Å². The third kappa shape index (κ3) is 9.15. The van der Waals surface area contributed by atoms with E-state index < -0.39 is 17.9 Å². The first kappa shape index (κ1) is 34.3. The van der Waals surface area contributed by atoms with Crippen LogP contribution >= 0.6 is 0 Å². The lowest BCUT2D eigenvalue weighted by atomic mass is 10.0. The van der Waals surface area contributed by atoms with Gasteiger partial charge in [-0.15, -0.1) is 0 Å². The topological polar surface area (TPSA) is 148 Å². The molecule has 1 aliphatic rings. The third-order valence-electron chi connectivity index (χ3n) is 7.26. The highest BCUT2D eigenvalue weighted by Crippen LogP contribution is 2.30. The SMILES string of the molecule is CC.CCCC(CC(=O)O)N1CC(=O)N(C)c2ccc(NC(=O)Cc3ccc(NC(=O)Nc4ccccc4C)cc3)cc2C1=O. The number of anilines is 4. The molecule has 0 aliphatic carbocycles. The minimum Gasteiger partial charge on any atom is -0.481 e. The molecule has 1 heterocycles. The first-order valence-electron chi connectivity index (χ1n) is 15.0. The summed E-state index contributed by atoms with van der Waals surface area (Å²) in [7, 11) is 1.56. The van der Waals surface area contributed by atoms with E-state index in [1.165, 1.54) is 15.9 Å². The van der Waals surface area contributed by atoms with Gasteiger partial charge in [0.25, 0.3) is 5.91 Å². The molecule has 11 nitrogen and oxygen atoms in total.